The fourth-order valence-electron chi connectivity index (χ4n) is 3.41. The molecule has 0 bridgehead atoms. The van der Waals surface area contributed by atoms with Crippen LogP contribution in [0.1, 0.15) is 17.3 Å². The van der Waals surface area contributed by atoms with Gasteiger partial charge in [-0.25, -0.2) is 14.8 Å². The molecule has 33 heavy (non-hydrogen) atoms. The fourth-order valence-corrected chi connectivity index (χ4v) is 3.41. The first-order valence-electron chi connectivity index (χ1n) is 10.4. The zero-order valence-corrected chi connectivity index (χ0v) is 17.9. The van der Waals surface area contributed by atoms with Gasteiger partial charge in [0.15, 0.2) is 0 Å². The molecule has 0 saturated heterocycles. The highest BCUT2D eigenvalue weighted by molar-refractivity contribution is 6.04. The van der Waals surface area contributed by atoms with E-state index in [0.29, 0.717) is 22.8 Å². The number of carbonyl (C=O) groups excluding carboxylic acids is 1. The first-order chi connectivity index (χ1) is 16.0. The van der Waals surface area contributed by atoms with E-state index in [1.807, 2.05) is 60.7 Å². The van der Waals surface area contributed by atoms with Gasteiger partial charge in [-0.2, -0.15) is 0 Å². The minimum atomic E-state index is -0.961. The van der Waals surface area contributed by atoms with Crippen LogP contribution in [0.5, 0.6) is 0 Å². The summed E-state index contributed by atoms with van der Waals surface area (Å²) in [5.74, 6) is -0.672. The molecule has 0 spiro atoms. The molecule has 7 heteroatoms. The van der Waals surface area contributed by atoms with Gasteiger partial charge >= 0.3 is 5.97 Å². The van der Waals surface area contributed by atoms with Gasteiger partial charge in [-0.15, -0.1) is 0 Å². The average molecular weight is 438 g/mol. The monoisotopic (exact) mass is 438 g/mol. The lowest BCUT2D eigenvalue weighted by atomic mass is 10.1. The molecular formula is C26H22N4O3. The molecule has 164 valence electrons. The van der Waals surface area contributed by atoms with Gasteiger partial charge in [0.25, 0.3) is 5.91 Å². The maximum Gasteiger partial charge on any atom is 0.326 e. The number of benzene rings is 3. The number of anilines is 3. The number of hydrogen-bond donors (Lipinski definition) is 2. The van der Waals surface area contributed by atoms with Crippen molar-refractivity contribution < 1.29 is 14.7 Å². The molecule has 3 aromatic carbocycles. The number of amides is 1. The van der Waals surface area contributed by atoms with E-state index in [1.165, 1.54) is 6.33 Å². The van der Waals surface area contributed by atoms with Gasteiger partial charge in [0.1, 0.15) is 18.2 Å². The van der Waals surface area contributed by atoms with E-state index in [0.717, 1.165) is 11.3 Å². The minimum Gasteiger partial charge on any atom is -0.480 e. The molecule has 0 aliphatic heterocycles. The summed E-state index contributed by atoms with van der Waals surface area (Å²) in [7, 11) is 0. The van der Waals surface area contributed by atoms with Gasteiger partial charge in [-0.3, -0.25) is 4.79 Å². The third-order valence-corrected chi connectivity index (χ3v) is 5.15. The molecule has 0 aliphatic carbocycles. The molecule has 0 unspecified atom stereocenters. The largest absolute Gasteiger partial charge is 0.480 e. The molecule has 0 fully saturated rings. The maximum atomic E-state index is 12.4. The molecular weight excluding hydrogens is 416 g/mol. The predicted octanol–water partition coefficient (Wildman–Crippen LogP) is 5.01. The topological polar surface area (TPSA) is 95.4 Å². The number of rotatable bonds is 7. The second-order valence-corrected chi connectivity index (χ2v) is 7.38. The number of aromatic nitrogens is 2. The number of hydrogen-bond acceptors (Lipinski definition) is 5. The van der Waals surface area contributed by atoms with Crippen molar-refractivity contribution in [1.82, 2.24) is 9.97 Å². The maximum absolute atomic E-state index is 12.4. The van der Waals surface area contributed by atoms with E-state index in [2.05, 4.69) is 15.3 Å². The van der Waals surface area contributed by atoms with Gasteiger partial charge in [0.05, 0.1) is 5.69 Å². The number of carboxylic acid groups (broad SMARTS) is 1. The fraction of sp³-hybridized carbons (Fsp3) is 0.0769. The average Bonchev–Trinajstić information content (AvgIpc) is 2.86. The highest BCUT2D eigenvalue weighted by Gasteiger charge is 2.24. The highest BCUT2D eigenvalue weighted by atomic mass is 16.4. The van der Waals surface area contributed by atoms with Crippen molar-refractivity contribution in [3.8, 4) is 11.3 Å². The van der Waals surface area contributed by atoms with E-state index >= 15 is 0 Å². The Kier molecular flexibility index (Phi) is 6.40. The van der Waals surface area contributed by atoms with E-state index in [1.54, 1.807) is 42.2 Å². The first kappa shape index (κ1) is 21.7. The number of para-hydroxylation sites is 1. The van der Waals surface area contributed by atoms with Gasteiger partial charge < -0.3 is 15.3 Å². The Bertz CT molecular complexity index is 1250. The third-order valence-electron chi connectivity index (χ3n) is 5.15. The number of nitrogens with one attached hydrogen (secondary N) is 1. The first-order valence-corrected chi connectivity index (χ1v) is 10.4. The zero-order chi connectivity index (χ0) is 23.2. The van der Waals surface area contributed by atoms with Crippen molar-refractivity contribution in [2.24, 2.45) is 0 Å². The molecule has 1 aromatic heterocycles. The standard InChI is InChI=1S/C26H22N4O3/c1-18(26(32)33)30(22-10-6-3-7-11-22)24-16-23(27-17-28-24)19-12-14-21(15-13-19)29-25(31)20-8-4-2-5-9-20/h2-18H,1H3,(H,29,31)(H,32,33)/t18-/m0/s1. The molecule has 4 rings (SSSR count). The summed E-state index contributed by atoms with van der Waals surface area (Å²) in [6.45, 7) is 1.61. The molecule has 1 amide bonds. The lowest BCUT2D eigenvalue weighted by Crippen LogP contribution is -2.36. The van der Waals surface area contributed by atoms with Crippen LogP contribution in [0.15, 0.2) is 97.3 Å². The van der Waals surface area contributed by atoms with E-state index < -0.39 is 12.0 Å². The predicted molar refractivity (Wildman–Crippen MR) is 128 cm³/mol. The van der Waals surface area contributed by atoms with E-state index in [9.17, 15) is 14.7 Å². The summed E-state index contributed by atoms with van der Waals surface area (Å²) in [4.78, 5) is 34.4. The van der Waals surface area contributed by atoms with Crippen molar-refractivity contribution >= 4 is 29.1 Å². The summed E-state index contributed by atoms with van der Waals surface area (Å²) >= 11 is 0. The van der Waals surface area contributed by atoms with Crippen molar-refractivity contribution in [2.45, 2.75) is 13.0 Å². The van der Waals surface area contributed by atoms with Gasteiger partial charge in [0.2, 0.25) is 0 Å². The quantitative estimate of drug-likeness (QED) is 0.421. The molecule has 0 radical (unpaired) electrons. The Morgan fingerprint density at radius 2 is 1.52 bits per heavy atom. The molecule has 4 aromatic rings. The molecule has 0 saturated carbocycles. The summed E-state index contributed by atoms with van der Waals surface area (Å²) in [5, 5.41) is 12.5. The highest BCUT2D eigenvalue weighted by Crippen LogP contribution is 2.29. The minimum absolute atomic E-state index is 0.186. The van der Waals surface area contributed by atoms with Crippen LogP contribution in [0, 0.1) is 0 Å². The van der Waals surface area contributed by atoms with Gasteiger partial charge in [-0.05, 0) is 43.3 Å². The lowest BCUT2D eigenvalue weighted by molar-refractivity contribution is -0.138. The van der Waals surface area contributed by atoms with Crippen molar-refractivity contribution in [3.05, 3.63) is 103 Å². The zero-order valence-electron chi connectivity index (χ0n) is 17.9. The second kappa shape index (κ2) is 9.74. The smallest absolute Gasteiger partial charge is 0.326 e. The number of nitrogens with zero attached hydrogens (tertiary/aromatic N) is 3. The number of carboxylic acids is 1. The van der Waals surface area contributed by atoms with Crippen LogP contribution in [-0.4, -0.2) is 33.0 Å². The molecule has 1 heterocycles. The van der Waals surface area contributed by atoms with Crippen LogP contribution in [0.25, 0.3) is 11.3 Å². The number of aliphatic carboxylic acids is 1. The van der Waals surface area contributed by atoms with Crippen LogP contribution in [-0.2, 0) is 4.79 Å². The van der Waals surface area contributed by atoms with Crippen LogP contribution < -0.4 is 10.2 Å². The SMILES string of the molecule is C[C@@H](C(=O)O)N(c1ccccc1)c1cc(-c2ccc(NC(=O)c3ccccc3)cc2)ncn1. The van der Waals surface area contributed by atoms with Gasteiger partial charge in [-0.1, -0.05) is 48.5 Å². The van der Waals surface area contributed by atoms with Crippen LogP contribution in [0.2, 0.25) is 0 Å². The Labute approximate surface area is 191 Å². The molecule has 0 aliphatic rings. The van der Waals surface area contributed by atoms with Crippen LogP contribution >= 0.6 is 0 Å². The Balaban J connectivity index is 1.59. The number of carbonyl (C=O) groups is 2. The van der Waals surface area contributed by atoms with Crippen molar-refractivity contribution in [2.75, 3.05) is 10.2 Å². The summed E-state index contributed by atoms with van der Waals surface area (Å²) < 4.78 is 0. The lowest BCUT2D eigenvalue weighted by Gasteiger charge is -2.27. The van der Waals surface area contributed by atoms with Crippen LogP contribution in [0.3, 0.4) is 0 Å². The Morgan fingerprint density at radius 3 is 2.15 bits per heavy atom. The molecule has 2 N–H and O–H groups in total. The van der Waals surface area contributed by atoms with Gasteiger partial charge in [0, 0.05) is 28.6 Å². The second-order valence-electron chi connectivity index (χ2n) is 7.38. The Morgan fingerprint density at radius 1 is 0.879 bits per heavy atom. The summed E-state index contributed by atoms with van der Waals surface area (Å²) in [6, 6.07) is 26.5. The van der Waals surface area contributed by atoms with Crippen molar-refractivity contribution in [3.63, 3.8) is 0 Å². The van der Waals surface area contributed by atoms with Crippen molar-refractivity contribution in [1.29, 1.82) is 0 Å². The molecule has 1 atom stereocenters. The Hall–Kier alpha value is -4.52. The van der Waals surface area contributed by atoms with E-state index in [-0.39, 0.29) is 5.91 Å². The third kappa shape index (κ3) is 5.04. The summed E-state index contributed by atoms with van der Waals surface area (Å²) in [6.07, 6.45) is 1.42. The normalized spacial score (nSPS) is 11.4. The molecule has 7 nitrogen and oxygen atoms in total. The van der Waals surface area contributed by atoms with E-state index in [4.69, 9.17) is 0 Å². The van der Waals surface area contributed by atoms with Crippen LogP contribution in [0.4, 0.5) is 17.2 Å². The summed E-state index contributed by atoms with van der Waals surface area (Å²) in [5.41, 5.74) is 3.41.